The Kier molecular flexibility index (Phi) is 11.1. The van der Waals surface area contributed by atoms with Gasteiger partial charge in [-0.3, -0.25) is 4.99 Å². The minimum absolute atomic E-state index is 0.319. The molecular formula is C17H36N4O. The summed E-state index contributed by atoms with van der Waals surface area (Å²) in [4.78, 5) is 7.19. The molecule has 22 heavy (non-hydrogen) atoms. The number of hydrogen-bond donors (Lipinski definition) is 2. The zero-order valence-electron chi connectivity index (χ0n) is 14.9. The Morgan fingerprint density at radius 3 is 2.50 bits per heavy atom. The Morgan fingerprint density at radius 2 is 1.91 bits per heavy atom. The highest BCUT2D eigenvalue weighted by molar-refractivity contribution is 5.79. The smallest absolute Gasteiger partial charge is 0.191 e. The summed E-state index contributed by atoms with van der Waals surface area (Å²) in [5.74, 6) is 0.926. The van der Waals surface area contributed by atoms with Crippen LogP contribution in [0.15, 0.2) is 4.99 Å². The first-order valence-corrected chi connectivity index (χ1v) is 9.16. The van der Waals surface area contributed by atoms with Gasteiger partial charge in [-0.2, -0.15) is 0 Å². The van der Waals surface area contributed by atoms with Gasteiger partial charge in [0.05, 0.1) is 12.6 Å². The molecule has 0 saturated carbocycles. The highest BCUT2D eigenvalue weighted by Gasteiger charge is 2.14. The molecule has 0 aromatic carbocycles. The van der Waals surface area contributed by atoms with E-state index >= 15 is 0 Å². The van der Waals surface area contributed by atoms with Crippen LogP contribution in [0.25, 0.3) is 0 Å². The molecule has 0 amide bonds. The highest BCUT2D eigenvalue weighted by Crippen LogP contribution is 2.11. The summed E-state index contributed by atoms with van der Waals surface area (Å²) in [7, 11) is 0. The lowest BCUT2D eigenvalue weighted by molar-refractivity contribution is 0.117. The van der Waals surface area contributed by atoms with Gasteiger partial charge < -0.3 is 20.3 Å². The van der Waals surface area contributed by atoms with Crippen molar-refractivity contribution in [3.05, 3.63) is 0 Å². The van der Waals surface area contributed by atoms with Gasteiger partial charge in [-0.05, 0) is 58.7 Å². The molecule has 0 aliphatic carbocycles. The van der Waals surface area contributed by atoms with Crippen LogP contribution < -0.4 is 10.6 Å². The van der Waals surface area contributed by atoms with Crippen molar-refractivity contribution < 1.29 is 4.74 Å². The molecule has 1 saturated heterocycles. The predicted molar refractivity (Wildman–Crippen MR) is 94.6 cm³/mol. The third-order valence-corrected chi connectivity index (χ3v) is 3.84. The second kappa shape index (κ2) is 12.7. The van der Waals surface area contributed by atoms with E-state index in [1.54, 1.807) is 0 Å². The molecule has 1 fully saturated rings. The Labute approximate surface area is 136 Å². The monoisotopic (exact) mass is 312 g/mol. The van der Waals surface area contributed by atoms with Gasteiger partial charge in [-0.15, -0.1) is 0 Å². The maximum Gasteiger partial charge on any atom is 0.191 e. The lowest BCUT2D eigenvalue weighted by Gasteiger charge is -2.21. The molecule has 0 spiro atoms. The largest absolute Gasteiger partial charge is 0.376 e. The fourth-order valence-electron chi connectivity index (χ4n) is 2.80. The Bertz CT molecular complexity index is 284. The molecular weight excluding hydrogens is 276 g/mol. The van der Waals surface area contributed by atoms with Gasteiger partial charge in [0.25, 0.3) is 0 Å². The van der Waals surface area contributed by atoms with Crippen LogP contribution in [0.2, 0.25) is 0 Å². The Hall–Kier alpha value is -0.810. The average Bonchev–Trinajstić information content (AvgIpc) is 3.02. The van der Waals surface area contributed by atoms with E-state index in [-0.39, 0.29) is 0 Å². The molecule has 0 bridgehead atoms. The van der Waals surface area contributed by atoms with Gasteiger partial charge in [0.15, 0.2) is 5.96 Å². The number of nitrogens with zero attached hydrogens (tertiary/aromatic N) is 2. The van der Waals surface area contributed by atoms with Gasteiger partial charge in [-0.25, -0.2) is 0 Å². The van der Waals surface area contributed by atoms with E-state index in [0.717, 1.165) is 45.0 Å². The first-order valence-electron chi connectivity index (χ1n) is 9.16. The fraction of sp³-hybridized carbons (Fsp3) is 0.941. The predicted octanol–water partition coefficient (Wildman–Crippen LogP) is 2.23. The van der Waals surface area contributed by atoms with Crippen molar-refractivity contribution in [3.63, 3.8) is 0 Å². The van der Waals surface area contributed by atoms with Crippen molar-refractivity contribution in [3.8, 4) is 0 Å². The maximum absolute atomic E-state index is 5.62. The number of hydrogen-bond acceptors (Lipinski definition) is 3. The molecule has 0 aromatic rings. The minimum atomic E-state index is 0.319. The second-order valence-electron chi connectivity index (χ2n) is 5.98. The standard InChI is InChI=1S/C17H36N4O/c1-4-11-21(12-5-2)13-8-10-19-17(18-6-3)20-15-16-9-7-14-22-16/h16H,4-15H2,1-3H3,(H2,18,19,20). The van der Waals surface area contributed by atoms with Gasteiger partial charge in [-0.1, -0.05) is 13.8 Å². The van der Waals surface area contributed by atoms with Gasteiger partial charge >= 0.3 is 0 Å². The van der Waals surface area contributed by atoms with E-state index in [1.165, 1.54) is 38.9 Å². The first-order chi connectivity index (χ1) is 10.8. The lowest BCUT2D eigenvalue weighted by atomic mass is 10.2. The van der Waals surface area contributed by atoms with Gasteiger partial charge in [0.2, 0.25) is 0 Å². The summed E-state index contributed by atoms with van der Waals surface area (Å²) in [5, 5.41) is 6.76. The number of ether oxygens (including phenoxy) is 1. The summed E-state index contributed by atoms with van der Waals surface area (Å²) in [6.45, 7) is 13.7. The van der Waals surface area contributed by atoms with E-state index in [4.69, 9.17) is 4.74 Å². The molecule has 1 aliphatic rings. The fourth-order valence-corrected chi connectivity index (χ4v) is 2.80. The second-order valence-corrected chi connectivity index (χ2v) is 5.98. The normalized spacial score (nSPS) is 18.9. The Balaban J connectivity index is 2.23. The van der Waals surface area contributed by atoms with Crippen molar-refractivity contribution in [2.45, 2.75) is 59.0 Å². The molecule has 5 heteroatoms. The van der Waals surface area contributed by atoms with Gasteiger partial charge in [0, 0.05) is 19.7 Å². The van der Waals surface area contributed by atoms with Crippen molar-refractivity contribution in [2.75, 3.05) is 45.9 Å². The zero-order valence-corrected chi connectivity index (χ0v) is 14.9. The summed E-state index contributed by atoms with van der Waals surface area (Å²) in [6, 6.07) is 0. The lowest BCUT2D eigenvalue weighted by Crippen LogP contribution is -2.39. The highest BCUT2D eigenvalue weighted by atomic mass is 16.5. The van der Waals surface area contributed by atoms with E-state index in [1.807, 2.05) is 0 Å². The number of guanidine groups is 1. The van der Waals surface area contributed by atoms with Crippen LogP contribution in [0.3, 0.4) is 0 Å². The molecule has 0 aromatic heterocycles. The molecule has 1 unspecified atom stereocenters. The summed E-state index contributed by atoms with van der Waals surface area (Å²) in [6.07, 6.45) is 6.27. The topological polar surface area (TPSA) is 48.9 Å². The van der Waals surface area contributed by atoms with E-state index < -0.39 is 0 Å². The van der Waals surface area contributed by atoms with Crippen LogP contribution in [-0.4, -0.2) is 62.8 Å². The van der Waals surface area contributed by atoms with Crippen LogP contribution in [0.4, 0.5) is 0 Å². The van der Waals surface area contributed by atoms with Crippen LogP contribution in [-0.2, 0) is 4.74 Å². The molecule has 5 nitrogen and oxygen atoms in total. The molecule has 0 radical (unpaired) electrons. The number of aliphatic imine (C=N–C) groups is 1. The van der Waals surface area contributed by atoms with Crippen molar-refractivity contribution >= 4 is 5.96 Å². The molecule has 130 valence electrons. The van der Waals surface area contributed by atoms with Crippen molar-refractivity contribution in [1.82, 2.24) is 15.5 Å². The van der Waals surface area contributed by atoms with E-state index in [0.29, 0.717) is 6.10 Å². The van der Waals surface area contributed by atoms with E-state index in [9.17, 15) is 0 Å². The molecule has 1 heterocycles. The van der Waals surface area contributed by atoms with Gasteiger partial charge in [0.1, 0.15) is 0 Å². The molecule has 1 atom stereocenters. The Morgan fingerprint density at radius 1 is 1.14 bits per heavy atom. The maximum atomic E-state index is 5.62. The van der Waals surface area contributed by atoms with E-state index in [2.05, 4.69) is 41.3 Å². The molecule has 1 aliphatic heterocycles. The number of nitrogens with one attached hydrogen (secondary N) is 2. The third-order valence-electron chi connectivity index (χ3n) is 3.84. The van der Waals surface area contributed by atoms with Crippen LogP contribution in [0, 0.1) is 0 Å². The van der Waals surface area contributed by atoms with Crippen molar-refractivity contribution in [1.29, 1.82) is 0 Å². The zero-order chi connectivity index (χ0) is 16.0. The van der Waals surface area contributed by atoms with Crippen molar-refractivity contribution in [2.24, 2.45) is 4.99 Å². The summed E-state index contributed by atoms with van der Waals surface area (Å²) < 4.78 is 5.62. The first kappa shape index (κ1) is 19.2. The van der Waals surface area contributed by atoms with Crippen LogP contribution in [0.5, 0.6) is 0 Å². The number of rotatable bonds is 11. The summed E-state index contributed by atoms with van der Waals surface area (Å²) >= 11 is 0. The molecule has 2 N–H and O–H groups in total. The van der Waals surface area contributed by atoms with Crippen LogP contribution in [0.1, 0.15) is 52.9 Å². The summed E-state index contributed by atoms with van der Waals surface area (Å²) in [5.41, 5.74) is 0. The SMILES string of the molecule is CCCN(CCC)CCCNC(=NCC1CCCO1)NCC. The average molecular weight is 313 g/mol. The molecule has 1 rings (SSSR count). The quantitative estimate of drug-likeness (QED) is 0.349. The van der Waals surface area contributed by atoms with Crippen LogP contribution >= 0.6 is 0 Å². The third kappa shape index (κ3) is 8.59. The minimum Gasteiger partial charge on any atom is -0.376 e.